The number of carbonyl (C=O) groups excluding carboxylic acids is 1. The number of hydrogen-bond acceptors (Lipinski definition) is 7. The van der Waals surface area contributed by atoms with Crippen LogP contribution in [0.2, 0.25) is 0 Å². The van der Waals surface area contributed by atoms with Crippen molar-refractivity contribution in [2.45, 2.75) is 5.92 Å². The van der Waals surface area contributed by atoms with E-state index in [0.29, 0.717) is 40.7 Å². The van der Waals surface area contributed by atoms with Gasteiger partial charge in [0.05, 0.1) is 18.6 Å². The van der Waals surface area contributed by atoms with Crippen LogP contribution in [-0.4, -0.2) is 19.7 Å². The molecule has 1 aliphatic rings. The van der Waals surface area contributed by atoms with Crippen molar-refractivity contribution in [3.05, 3.63) is 120 Å². The van der Waals surface area contributed by atoms with Crippen molar-refractivity contribution in [2.75, 3.05) is 13.7 Å². The highest BCUT2D eigenvalue weighted by Gasteiger charge is 2.32. The van der Waals surface area contributed by atoms with Gasteiger partial charge in [-0.2, -0.15) is 5.26 Å². The Labute approximate surface area is 219 Å². The fourth-order valence-corrected chi connectivity index (χ4v) is 4.54. The van der Waals surface area contributed by atoms with Gasteiger partial charge in [0.25, 0.3) is 0 Å². The number of allylic oxidation sites excluding steroid dienone is 1. The Hall–Kier alpha value is -5.22. The Morgan fingerprint density at radius 2 is 1.89 bits per heavy atom. The van der Waals surface area contributed by atoms with E-state index in [1.165, 1.54) is 0 Å². The van der Waals surface area contributed by atoms with Crippen molar-refractivity contribution in [3.8, 4) is 29.1 Å². The predicted molar refractivity (Wildman–Crippen MR) is 143 cm³/mol. The molecule has 5 rings (SSSR count). The molecule has 0 radical (unpaired) electrons. The Kier molecular flexibility index (Phi) is 6.70. The van der Waals surface area contributed by atoms with E-state index in [-0.39, 0.29) is 11.5 Å². The Morgan fingerprint density at radius 3 is 2.68 bits per heavy atom. The summed E-state index contributed by atoms with van der Waals surface area (Å²) in [7, 11) is 1.55. The topological polar surface area (TPSA) is 104 Å². The van der Waals surface area contributed by atoms with Gasteiger partial charge in [-0.3, -0.25) is 0 Å². The maximum Gasteiger partial charge on any atom is 0.344 e. The molecule has 0 amide bonds. The number of methoxy groups -OCH3 is 1. The quantitative estimate of drug-likeness (QED) is 0.191. The fourth-order valence-electron chi connectivity index (χ4n) is 4.54. The Morgan fingerprint density at radius 1 is 1.08 bits per heavy atom. The van der Waals surface area contributed by atoms with Gasteiger partial charge >= 0.3 is 5.97 Å². The largest absolute Gasteiger partial charge is 0.493 e. The molecule has 2 N–H and O–H groups in total. The second-order valence-corrected chi connectivity index (χ2v) is 8.55. The van der Waals surface area contributed by atoms with Crippen molar-refractivity contribution in [1.29, 1.82) is 5.26 Å². The summed E-state index contributed by atoms with van der Waals surface area (Å²) < 4.78 is 22.7. The van der Waals surface area contributed by atoms with Crippen LogP contribution in [0.5, 0.6) is 23.0 Å². The summed E-state index contributed by atoms with van der Waals surface area (Å²) in [6.45, 7) is 3.99. The molecule has 4 aromatic rings. The third-order valence-corrected chi connectivity index (χ3v) is 6.29. The summed E-state index contributed by atoms with van der Waals surface area (Å²) >= 11 is 0. The summed E-state index contributed by atoms with van der Waals surface area (Å²) in [6, 6.07) is 25.7. The molecular formula is C31H24N2O5. The van der Waals surface area contributed by atoms with Crippen LogP contribution in [0.4, 0.5) is 0 Å². The van der Waals surface area contributed by atoms with E-state index in [9.17, 15) is 10.1 Å². The van der Waals surface area contributed by atoms with Crippen LogP contribution in [-0.2, 0) is 0 Å². The number of ether oxygens (including phenoxy) is 4. The lowest BCUT2D eigenvalue weighted by molar-refractivity contribution is 0.0736. The van der Waals surface area contributed by atoms with Crippen molar-refractivity contribution < 1.29 is 23.7 Å². The van der Waals surface area contributed by atoms with Gasteiger partial charge in [-0.15, -0.1) is 0 Å². The first-order chi connectivity index (χ1) is 18.5. The second kappa shape index (κ2) is 10.4. The number of esters is 1. The molecular weight excluding hydrogens is 480 g/mol. The number of fused-ring (bicyclic) bond motifs is 2. The third kappa shape index (κ3) is 4.51. The maximum absolute atomic E-state index is 13.1. The van der Waals surface area contributed by atoms with Crippen LogP contribution in [0.15, 0.2) is 103 Å². The van der Waals surface area contributed by atoms with Crippen LogP contribution < -0.4 is 24.7 Å². The van der Waals surface area contributed by atoms with Gasteiger partial charge in [-0.1, -0.05) is 61.2 Å². The van der Waals surface area contributed by atoms with Crippen LogP contribution in [0, 0.1) is 11.3 Å². The summed E-state index contributed by atoms with van der Waals surface area (Å²) in [6.07, 6.45) is 1.64. The number of hydrogen-bond donors (Lipinski definition) is 1. The minimum atomic E-state index is -0.520. The van der Waals surface area contributed by atoms with E-state index < -0.39 is 11.9 Å². The first-order valence-corrected chi connectivity index (χ1v) is 11.9. The molecule has 7 heteroatoms. The molecule has 1 unspecified atom stereocenters. The lowest BCUT2D eigenvalue weighted by Crippen LogP contribution is -2.21. The molecule has 0 aromatic heterocycles. The van der Waals surface area contributed by atoms with Gasteiger partial charge in [0.1, 0.15) is 29.7 Å². The zero-order chi connectivity index (χ0) is 26.6. The average Bonchev–Trinajstić information content (AvgIpc) is 2.94. The predicted octanol–water partition coefficient (Wildman–Crippen LogP) is 5.85. The van der Waals surface area contributed by atoms with Crippen LogP contribution in [0.25, 0.3) is 10.8 Å². The van der Waals surface area contributed by atoms with Crippen molar-refractivity contribution in [2.24, 2.45) is 5.73 Å². The number of benzene rings is 4. The van der Waals surface area contributed by atoms with Crippen LogP contribution >= 0.6 is 0 Å². The zero-order valence-electron chi connectivity index (χ0n) is 20.6. The average molecular weight is 505 g/mol. The van der Waals surface area contributed by atoms with Gasteiger partial charge in [0.2, 0.25) is 5.88 Å². The maximum atomic E-state index is 13.1. The van der Waals surface area contributed by atoms with Crippen molar-refractivity contribution in [1.82, 2.24) is 0 Å². The van der Waals surface area contributed by atoms with Crippen LogP contribution in [0.1, 0.15) is 27.4 Å². The Balaban J connectivity index is 1.49. The first-order valence-electron chi connectivity index (χ1n) is 11.9. The minimum absolute atomic E-state index is 0.0199. The van der Waals surface area contributed by atoms with E-state index >= 15 is 0 Å². The third-order valence-electron chi connectivity index (χ3n) is 6.29. The van der Waals surface area contributed by atoms with Gasteiger partial charge < -0.3 is 24.7 Å². The molecule has 38 heavy (non-hydrogen) atoms. The molecule has 1 aliphatic heterocycles. The number of nitriles is 1. The molecule has 188 valence electrons. The normalized spacial score (nSPS) is 14.2. The highest BCUT2D eigenvalue weighted by Crippen LogP contribution is 2.45. The van der Waals surface area contributed by atoms with Crippen molar-refractivity contribution >= 4 is 16.7 Å². The zero-order valence-corrected chi connectivity index (χ0v) is 20.6. The van der Waals surface area contributed by atoms with E-state index in [2.05, 4.69) is 12.6 Å². The van der Waals surface area contributed by atoms with E-state index in [0.717, 1.165) is 16.3 Å². The summed E-state index contributed by atoms with van der Waals surface area (Å²) in [5.41, 5.74) is 8.34. The highest BCUT2D eigenvalue weighted by molar-refractivity contribution is 6.05. The highest BCUT2D eigenvalue weighted by atomic mass is 16.5. The molecule has 7 nitrogen and oxygen atoms in total. The fraction of sp³-hybridized carbons (Fsp3) is 0.0968. The van der Waals surface area contributed by atoms with Crippen LogP contribution in [0.3, 0.4) is 0 Å². The Bertz CT molecular complexity index is 1630. The van der Waals surface area contributed by atoms with Crippen molar-refractivity contribution in [3.63, 3.8) is 0 Å². The van der Waals surface area contributed by atoms with Gasteiger partial charge in [-0.25, -0.2) is 4.79 Å². The van der Waals surface area contributed by atoms with Gasteiger partial charge in [0.15, 0.2) is 11.5 Å². The minimum Gasteiger partial charge on any atom is -0.493 e. The molecule has 0 saturated heterocycles. The molecule has 0 spiro atoms. The standard InChI is InChI=1S/C31H24N2O5/c1-3-15-36-26-14-11-20(16-28(26)35-2)29-24-13-12-21(17-27(24)38-30(33)25(29)18-32)37-31(34)23-10-6-8-19-7-4-5-9-22(19)23/h3-14,16-17,29H,1,15,33H2,2H3. The number of rotatable bonds is 7. The lowest BCUT2D eigenvalue weighted by Gasteiger charge is -2.27. The smallest absolute Gasteiger partial charge is 0.344 e. The molecule has 4 aromatic carbocycles. The van der Waals surface area contributed by atoms with E-state index in [4.69, 9.17) is 24.7 Å². The second-order valence-electron chi connectivity index (χ2n) is 8.55. The SMILES string of the molecule is C=CCOc1ccc(C2C(C#N)=C(N)Oc3cc(OC(=O)c4cccc5ccccc45)ccc32)cc1OC. The monoisotopic (exact) mass is 504 g/mol. The summed E-state index contributed by atoms with van der Waals surface area (Å²) in [5, 5.41) is 11.6. The van der Waals surface area contributed by atoms with E-state index in [1.807, 2.05) is 42.5 Å². The molecule has 0 bridgehead atoms. The number of nitrogens with two attached hydrogens (primary N) is 1. The first kappa shape index (κ1) is 24.5. The van der Waals surface area contributed by atoms with E-state index in [1.54, 1.807) is 49.6 Å². The number of carbonyl (C=O) groups is 1. The summed E-state index contributed by atoms with van der Waals surface area (Å²) in [5.74, 6) is 0.709. The van der Waals surface area contributed by atoms with Gasteiger partial charge in [-0.05, 0) is 40.6 Å². The van der Waals surface area contributed by atoms with Gasteiger partial charge in [0, 0.05) is 11.6 Å². The molecule has 1 heterocycles. The molecule has 0 saturated carbocycles. The molecule has 0 aliphatic carbocycles. The number of nitrogens with zero attached hydrogens (tertiary/aromatic N) is 1. The molecule has 0 fully saturated rings. The lowest BCUT2D eigenvalue weighted by atomic mass is 9.83. The summed E-state index contributed by atoms with van der Waals surface area (Å²) in [4.78, 5) is 13.1. The molecule has 1 atom stereocenters.